The van der Waals surface area contributed by atoms with Gasteiger partial charge in [0.1, 0.15) is 113 Å². The maximum absolute atomic E-state index is 13.6. The number of aromatic nitrogens is 8. The molecular weight excluding hydrogens is 2060 g/mol. The van der Waals surface area contributed by atoms with Crippen LogP contribution in [0.25, 0.3) is 0 Å². The predicted molar refractivity (Wildman–Crippen MR) is 504 cm³/mol. The molecule has 0 bridgehead atoms. The molecule has 804 valence electrons. The average Bonchev–Trinajstić information content (AvgIpc) is 1.63. The minimum atomic E-state index is -3.99. The molecule has 64 heteroatoms. The number of nitrogens with zero attached hydrogens (tertiary/aromatic N) is 4. The van der Waals surface area contributed by atoms with E-state index in [9.17, 15) is 136 Å². The van der Waals surface area contributed by atoms with E-state index in [0.29, 0.717) is 34.1 Å². The lowest BCUT2D eigenvalue weighted by Crippen LogP contribution is -2.47. The number of hydrogen-bond acceptors (Lipinski definition) is 48. The number of hydrogen-bond donors (Lipinski definition) is 16. The molecule has 24 atom stereocenters. The molecule has 0 spiro atoms. The van der Waals surface area contributed by atoms with Gasteiger partial charge in [-0.25, -0.2) is 39.5 Å². The van der Waals surface area contributed by atoms with Crippen LogP contribution in [0.5, 0.6) is 0 Å². The first-order chi connectivity index (χ1) is 65.8. The number of rotatable bonds is 46. The number of nitrogens with one attached hydrogen (secondary N) is 8. The second-order valence-electron chi connectivity index (χ2n) is 33.3. The summed E-state index contributed by atoms with van der Waals surface area (Å²) in [6, 6.07) is -0.140. The molecule has 0 aromatic carbocycles. The lowest BCUT2D eigenvalue weighted by molar-refractivity contribution is -0.149. The third-order valence-corrected chi connectivity index (χ3v) is 35.8. The van der Waals surface area contributed by atoms with Crippen LogP contribution in [0.3, 0.4) is 0 Å². The van der Waals surface area contributed by atoms with E-state index in [0.717, 1.165) is 100 Å². The zero-order valence-corrected chi connectivity index (χ0v) is 87.6. The Morgan fingerprint density at radius 1 is 0.373 bits per heavy atom. The van der Waals surface area contributed by atoms with Gasteiger partial charge in [0.25, 0.3) is 22.2 Å². The number of methoxy groups -OCH3 is 3. The van der Waals surface area contributed by atoms with E-state index in [1.54, 1.807) is 62.3 Å². The SMILES string of the molecule is CCOC(=O)CCS[P@@](=O)(N[C@H](C)C(=O)OC(C)C)OC[C@H]1O[C@@H](n2ccc(=O)[nH]c2=O)[C@](C)(O)[C@@H]1O.COC(=O)CSP(=O)(N[C@H](C)C(=O)OC(C)C)OC[C@H]1O[C@@H](n2ccc(=O)[nH]c2=O)[C@](C)(O)[C@@H]1O.COC(=O)CS[P@@](=O)(N[C@H](C)C(=O)OC(C)C)OC[C@H]1O[C@@H](n2ccc(=O)[nH]c2=O)[C@](C)(O)[C@@H]1O.COC(=O)CS[P@](=O)(N[C@H](C)C(=O)OC(C)C)OC[C@H]1O[C@@H](n2ccc(=O)[nH]c2=O)[C@](C)(O)[C@@H]1O. The van der Waals surface area contributed by atoms with E-state index in [1.807, 2.05) is 19.9 Å². The summed E-state index contributed by atoms with van der Waals surface area (Å²) in [5.74, 6) is -6.52. The smallest absolute Gasteiger partial charge is 0.330 e. The first-order valence-corrected chi connectivity index (χ1v) is 56.0. The van der Waals surface area contributed by atoms with Crippen molar-refractivity contribution < 1.29 is 172 Å². The Hall–Kier alpha value is -8.00. The topological polar surface area (TPSA) is 782 Å². The molecule has 4 aromatic rings. The number of aliphatic hydroxyl groups is 8. The largest absolute Gasteiger partial charge is 0.468 e. The fraction of sp³-hybridized carbons (Fsp3) is 0.692. The summed E-state index contributed by atoms with van der Waals surface area (Å²) in [6.07, 6.45) is -14.5. The molecular formula is C78H124N12O44P4S4. The number of H-pyrrole nitrogens is 4. The van der Waals surface area contributed by atoms with Crippen LogP contribution in [-0.2, 0) is 132 Å². The Bertz CT molecular complexity index is 5270. The number of carbonyl (C=O) groups excluding carboxylic acids is 8. The second-order valence-corrected chi connectivity index (χ2v) is 50.5. The van der Waals surface area contributed by atoms with Crippen LogP contribution >= 0.6 is 72.4 Å². The number of esters is 8. The van der Waals surface area contributed by atoms with Gasteiger partial charge in [-0.3, -0.25) is 114 Å². The molecule has 0 aliphatic carbocycles. The number of aromatic amines is 4. The van der Waals surface area contributed by atoms with Gasteiger partial charge in [-0.05, 0) is 152 Å². The van der Waals surface area contributed by atoms with Crippen LogP contribution in [0, 0.1) is 0 Å². The lowest BCUT2D eigenvalue weighted by atomic mass is 9.96. The van der Waals surface area contributed by atoms with Gasteiger partial charge in [-0.2, -0.15) is 0 Å². The van der Waals surface area contributed by atoms with Crippen molar-refractivity contribution in [1.82, 2.24) is 58.6 Å². The van der Waals surface area contributed by atoms with Crippen LogP contribution in [0.15, 0.2) is 87.4 Å². The maximum Gasteiger partial charge on any atom is 0.330 e. The summed E-state index contributed by atoms with van der Waals surface area (Å²) >= 11 is 2.40. The molecule has 0 amide bonds. The fourth-order valence-corrected chi connectivity index (χ4v) is 26.8. The number of aliphatic hydroxyl groups excluding tert-OH is 4. The molecule has 4 aliphatic heterocycles. The monoisotopic (exact) mass is 2180 g/mol. The maximum atomic E-state index is 13.6. The van der Waals surface area contributed by atoms with E-state index >= 15 is 0 Å². The van der Waals surface area contributed by atoms with Gasteiger partial charge in [-0.1, -0.05) is 11.4 Å². The Labute approximate surface area is 825 Å². The summed E-state index contributed by atoms with van der Waals surface area (Å²) in [6.45, 7) is 7.40. The normalized spacial score (nSPS) is 26.6. The summed E-state index contributed by atoms with van der Waals surface area (Å²) in [7, 11) is 3.44. The molecule has 8 rings (SSSR count). The molecule has 4 aromatic heterocycles. The minimum Gasteiger partial charge on any atom is -0.468 e. The first kappa shape index (κ1) is 124. The van der Waals surface area contributed by atoms with Crippen LogP contribution in [0.4, 0.5) is 0 Å². The van der Waals surface area contributed by atoms with Crippen molar-refractivity contribution in [2.45, 2.75) is 269 Å². The number of carbonyl (C=O) groups is 8. The molecule has 4 saturated heterocycles. The fourth-order valence-electron chi connectivity index (χ4n) is 12.7. The van der Waals surface area contributed by atoms with E-state index in [1.165, 1.54) is 55.4 Å². The lowest BCUT2D eigenvalue weighted by Gasteiger charge is -2.27. The zero-order chi connectivity index (χ0) is 108. The molecule has 0 radical (unpaired) electrons. The Kier molecular flexibility index (Phi) is 47.9. The van der Waals surface area contributed by atoms with Crippen molar-refractivity contribution in [1.29, 1.82) is 0 Å². The summed E-state index contributed by atoms with van der Waals surface area (Å²) in [5, 5.41) is 95.8. The highest BCUT2D eigenvalue weighted by atomic mass is 32.7. The van der Waals surface area contributed by atoms with Crippen LogP contribution in [0.2, 0.25) is 0 Å². The summed E-state index contributed by atoms with van der Waals surface area (Å²) in [5.41, 5.74) is -14.1. The van der Waals surface area contributed by atoms with Gasteiger partial charge in [0, 0.05) is 54.8 Å². The minimum absolute atomic E-state index is 0.0241. The molecule has 56 nitrogen and oxygen atoms in total. The van der Waals surface area contributed by atoms with E-state index in [2.05, 4.69) is 34.6 Å². The van der Waals surface area contributed by atoms with Gasteiger partial charge >= 0.3 is 97.4 Å². The van der Waals surface area contributed by atoms with Crippen molar-refractivity contribution in [2.75, 3.05) is 77.4 Å². The zero-order valence-electron chi connectivity index (χ0n) is 80.7. The number of ether oxygens (including phenoxy) is 12. The first-order valence-electron chi connectivity index (χ1n) is 43.1. The highest BCUT2D eigenvalue weighted by Crippen LogP contribution is 2.61. The second kappa shape index (κ2) is 54.6. The molecule has 16 N–H and O–H groups in total. The summed E-state index contributed by atoms with van der Waals surface area (Å²) in [4.78, 5) is 197. The van der Waals surface area contributed by atoms with Gasteiger partial charge in [0.05, 0.1) is 85.2 Å². The Morgan fingerprint density at radius 3 is 0.761 bits per heavy atom. The highest BCUT2D eigenvalue weighted by molar-refractivity contribution is 8.57. The van der Waals surface area contributed by atoms with Crippen molar-refractivity contribution in [2.24, 2.45) is 0 Å². The van der Waals surface area contributed by atoms with Crippen molar-refractivity contribution in [3.63, 3.8) is 0 Å². The van der Waals surface area contributed by atoms with Crippen LogP contribution in [-0.4, -0.2) is 324 Å². The van der Waals surface area contributed by atoms with E-state index in [-0.39, 0.29) is 36.0 Å². The van der Waals surface area contributed by atoms with Crippen molar-refractivity contribution in [3.05, 3.63) is 132 Å². The molecule has 8 heterocycles. The molecule has 4 fully saturated rings. The van der Waals surface area contributed by atoms with Gasteiger partial charge < -0.3 is 116 Å². The van der Waals surface area contributed by atoms with Gasteiger partial charge in [0.15, 0.2) is 24.9 Å². The predicted octanol–water partition coefficient (Wildman–Crippen LogP) is -1.19. The third kappa shape index (κ3) is 36.2. The highest BCUT2D eigenvalue weighted by Gasteiger charge is 2.58. The molecule has 142 heavy (non-hydrogen) atoms. The Morgan fingerprint density at radius 2 is 0.577 bits per heavy atom. The van der Waals surface area contributed by atoms with Gasteiger partial charge in [0.2, 0.25) is 0 Å². The standard InChI is InChI=1S/C21H34N3O11PS.3C19H30N3O11PS/c1-6-32-16(26)8-10-37-36(31,23-13(4)18(28)34-12(2)3)33-11-14-17(27)21(5,30)19(35-14)24-9-7-15(25)22-20(24)29;3*1-10(2)32-16(26)11(3)21-34(29,35-9-14(24)30-5)31-8-12-15(25)19(4,28)17(33-12)22-7-6-13(23)20-18(22)27/h7,9,12-14,17,19,27,30H,6,8,10-11H2,1-5H3,(H,23,31)(H,22,25,29);3*6-7,10-12,15,17,25,28H,8-9H2,1-5H3,(H,21,29)(H,20,23,27)/t13-,14-,17-,19-,21-,36-;11-,12-,15-,17-,19-,34?;11-,12-,15-,17-,19-,34+;11-,12-,15-,17-,19-,34-/m1111/s1. The quantitative estimate of drug-likeness (QED) is 0.0140. The van der Waals surface area contributed by atoms with Crippen molar-refractivity contribution >= 4 is 120 Å². The summed E-state index contributed by atoms with van der Waals surface area (Å²) < 4.78 is 141. The average molecular weight is 2190 g/mol. The molecule has 4 aliphatic rings. The third-order valence-electron chi connectivity index (χ3n) is 19.9. The van der Waals surface area contributed by atoms with Crippen molar-refractivity contribution in [3.8, 4) is 0 Å². The van der Waals surface area contributed by atoms with E-state index in [4.69, 9.17) is 60.7 Å². The van der Waals surface area contributed by atoms with E-state index < -0.39 is 291 Å². The van der Waals surface area contributed by atoms with Crippen LogP contribution in [0.1, 0.15) is 149 Å². The Balaban J connectivity index is 0.000000334. The van der Waals surface area contributed by atoms with Crippen LogP contribution < -0.4 is 65.3 Å². The molecule has 1 unspecified atom stereocenters. The molecule has 0 saturated carbocycles. The van der Waals surface area contributed by atoms with Gasteiger partial charge in [-0.15, -0.1) is 0 Å².